The van der Waals surface area contributed by atoms with Gasteiger partial charge in [0.1, 0.15) is 5.82 Å². The van der Waals surface area contributed by atoms with Gasteiger partial charge in [-0.05, 0) is 24.3 Å². The van der Waals surface area contributed by atoms with Crippen LogP contribution in [0.1, 0.15) is 0 Å². The van der Waals surface area contributed by atoms with Crippen LogP contribution in [0.25, 0.3) is 10.9 Å². The molecule has 0 spiro atoms. The molecular weight excluding hydrogens is 291 g/mol. The molecule has 21 heavy (non-hydrogen) atoms. The molecule has 0 aliphatic carbocycles. The Morgan fingerprint density at radius 2 is 1.76 bits per heavy atom. The SMILES string of the molecule is O=S(=O)(Nc1cc(F)cc2cccnc12)c1ccccc1. The first-order chi connectivity index (χ1) is 10.1. The maximum atomic E-state index is 13.6. The van der Waals surface area contributed by atoms with Crippen molar-refractivity contribution in [1.82, 2.24) is 4.98 Å². The molecule has 0 amide bonds. The number of anilines is 1. The smallest absolute Gasteiger partial charge is 0.261 e. The zero-order valence-electron chi connectivity index (χ0n) is 10.8. The molecule has 4 nitrogen and oxygen atoms in total. The summed E-state index contributed by atoms with van der Waals surface area (Å²) in [5.41, 5.74) is 0.521. The molecule has 0 aliphatic rings. The molecule has 0 aliphatic heterocycles. The standard InChI is InChI=1S/C15H11FN2O2S/c16-12-9-11-5-4-8-17-15(11)14(10-12)18-21(19,20)13-6-2-1-3-7-13/h1-10,18H. The number of nitrogens with one attached hydrogen (secondary N) is 1. The molecule has 1 aromatic heterocycles. The van der Waals surface area contributed by atoms with E-state index in [-0.39, 0.29) is 10.6 Å². The summed E-state index contributed by atoms with van der Waals surface area (Å²) >= 11 is 0. The number of benzene rings is 2. The summed E-state index contributed by atoms with van der Waals surface area (Å²) in [7, 11) is -3.78. The number of pyridine rings is 1. The van der Waals surface area contributed by atoms with Gasteiger partial charge in [0.2, 0.25) is 0 Å². The summed E-state index contributed by atoms with van der Waals surface area (Å²) in [6.07, 6.45) is 1.53. The first kappa shape index (κ1) is 13.5. The fourth-order valence-corrected chi connectivity index (χ4v) is 3.12. The van der Waals surface area contributed by atoms with Crippen LogP contribution in [-0.4, -0.2) is 13.4 Å². The van der Waals surface area contributed by atoms with Gasteiger partial charge in [-0.1, -0.05) is 24.3 Å². The number of hydrogen-bond acceptors (Lipinski definition) is 3. The predicted octanol–water partition coefficient (Wildman–Crippen LogP) is 3.17. The number of fused-ring (bicyclic) bond motifs is 1. The number of hydrogen-bond donors (Lipinski definition) is 1. The van der Waals surface area contributed by atoms with E-state index in [2.05, 4.69) is 9.71 Å². The Bertz CT molecular complexity index is 896. The molecule has 3 aromatic rings. The van der Waals surface area contributed by atoms with Crippen LogP contribution in [0.2, 0.25) is 0 Å². The van der Waals surface area contributed by atoms with Gasteiger partial charge in [0, 0.05) is 17.6 Å². The van der Waals surface area contributed by atoms with Crippen LogP contribution >= 0.6 is 0 Å². The number of halogens is 1. The van der Waals surface area contributed by atoms with E-state index in [1.54, 1.807) is 30.3 Å². The summed E-state index contributed by atoms with van der Waals surface area (Å²) in [5, 5.41) is 0.531. The lowest BCUT2D eigenvalue weighted by Gasteiger charge is -2.10. The van der Waals surface area contributed by atoms with Crippen molar-refractivity contribution in [2.75, 3.05) is 4.72 Å². The topological polar surface area (TPSA) is 59.1 Å². The zero-order chi connectivity index (χ0) is 14.9. The molecule has 6 heteroatoms. The van der Waals surface area contributed by atoms with Gasteiger partial charge in [0.15, 0.2) is 0 Å². The van der Waals surface area contributed by atoms with Crippen LogP contribution in [-0.2, 0) is 10.0 Å². The highest BCUT2D eigenvalue weighted by atomic mass is 32.2. The Labute approximate surface area is 121 Å². The summed E-state index contributed by atoms with van der Waals surface area (Å²) in [5.74, 6) is -0.527. The highest BCUT2D eigenvalue weighted by Crippen LogP contribution is 2.25. The third-order valence-corrected chi connectivity index (χ3v) is 4.35. The Kier molecular flexibility index (Phi) is 3.31. The van der Waals surface area contributed by atoms with E-state index in [1.165, 1.54) is 24.4 Å². The van der Waals surface area contributed by atoms with Gasteiger partial charge in [-0.3, -0.25) is 9.71 Å². The van der Waals surface area contributed by atoms with E-state index in [1.807, 2.05) is 0 Å². The van der Waals surface area contributed by atoms with Crippen LogP contribution in [0.3, 0.4) is 0 Å². The van der Waals surface area contributed by atoms with Gasteiger partial charge in [-0.2, -0.15) is 0 Å². The van der Waals surface area contributed by atoms with Crippen LogP contribution < -0.4 is 4.72 Å². The minimum Gasteiger partial charge on any atom is -0.277 e. The van der Waals surface area contributed by atoms with Crippen molar-refractivity contribution in [3.63, 3.8) is 0 Å². The third kappa shape index (κ3) is 2.71. The van der Waals surface area contributed by atoms with Crippen molar-refractivity contribution < 1.29 is 12.8 Å². The van der Waals surface area contributed by atoms with Gasteiger partial charge in [-0.25, -0.2) is 12.8 Å². The van der Waals surface area contributed by atoms with Gasteiger partial charge in [-0.15, -0.1) is 0 Å². The van der Waals surface area contributed by atoms with Crippen LogP contribution in [0, 0.1) is 5.82 Å². The van der Waals surface area contributed by atoms with E-state index in [0.717, 1.165) is 6.07 Å². The largest absolute Gasteiger partial charge is 0.277 e. The van der Waals surface area contributed by atoms with Crippen molar-refractivity contribution >= 4 is 26.6 Å². The first-order valence-corrected chi connectivity index (χ1v) is 7.67. The summed E-state index contributed by atoms with van der Waals surface area (Å²) < 4.78 is 40.6. The molecule has 0 unspecified atom stereocenters. The molecule has 0 saturated heterocycles. The number of sulfonamides is 1. The molecule has 0 atom stereocenters. The highest BCUT2D eigenvalue weighted by molar-refractivity contribution is 7.92. The van der Waals surface area contributed by atoms with Gasteiger partial charge in [0.05, 0.1) is 16.1 Å². The molecule has 1 heterocycles. The van der Waals surface area contributed by atoms with E-state index in [9.17, 15) is 12.8 Å². The average molecular weight is 302 g/mol. The fourth-order valence-electron chi connectivity index (χ4n) is 2.04. The summed E-state index contributed by atoms with van der Waals surface area (Å²) in [6, 6.07) is 13.7. The normalized spacial score (nSPS) is 11.5. The Balaban J connectivity index is 2.10. The van der Waals surface area contributed by atoms with Crippen molar-refractivity contribution in [1.29, 1.82) is 0 Å². The second-order valence-electron chi connectivity index (χ2n) is 4.45. The van der Waals surface area contributed by atoms with Crippen LogP contribution in [0.5, 0.6) is 0 Å². The van der Waals surface area contributed by atoms with E-state index < -0.39 is 15.8 Å². The van der Waals surface area contributed by atoms with Gasteiger partial charge in [0.25, 0.3) is 10.0 Å². The average Bonchev–Trinajstić information content (AvgIpc) is 2.47. The summed E-state index contributed by atoms with van der Waals surface area (Å²) in [6.45, 7) is 0. The Hall–Kier alpha value is -2.47. The lowest BCUT2D eigenvalue weighted by molar-refractivity contribution is 0.601. The third-order valence-electron chi connectivity index (χ3n) is 2.97. The number of aromatic nitrogens is 1. The zero-order valence-corrected chi connectivity index (χ0v) is 11.6. The fraction of sp³-hybridized carbons (Fsp3) is 0. The first-order valence-electron chi connectivity index (χ1n) is 6.18. The second-order valence-corrected chi connectivity index (χ2v) is 6.13. The van der Waals surface area contributed by atoms with E-state index in [0.29, 0.717) is 10.9 Å². The lowest BCUT2D eigenvalue weighted by Crippen LogP contribution is -2.13. The summed E-state index contributed by atoms with van der Waals surface area (Å²) in [4.78, 5) is 4.22. The monoisotopic (exact) mass is 302 g/mol. The molecule has 1 N–H and O–H groups in total. The highest BCUT2D eigenvalue weighted by Gasteiger charge is 2.16. The minimum absolute atomic E-state index is 0.110. The predicted molar refractivity (Wildman–Crippen MR) is 79.0 cm³/mol. The van der Waals surface area contributed by atoms with Crippen molar-refractivity contribution in [3.05, 3.63) is 66.6 Å². The van der Waals surface area contributed by atoms with Crippen molar-refractivity contribution in [2.45, 2.75) is 4.90 Å². The molecule has 0 fully saturated rings. The van der Waals surface area contributed by atoms with Crippen LogP contribution in [0.15, 0.2) is 65.7 Å². The van der Waals surface area contributed by atoms with Crippen molar-refractivity contribution in [3.8, 4) is 0 Å². The lowest BCUT2D eigenvalue weighted by atomic mass is 10.2. The molecule has 0 saturated carbocycles. The molecule has 3 rings (SSSR count). The number of nitrogens with zero attached hydrogens (tertiary/aromatic N) is 1. The van der Waals surface area contributed by atoms with Crippen molar-refractivity contribution in [2.24, 2.45) is 0 Å². The minimum atomic E-state index is -3.78. The maximum absolute atomic E-state index is 13.6. The Morgan fingerprint density at radius 3 is 2.52 bits per heavy atom. The van der Waals surface area contributed by atoms with Crippen LogP contribution in [0.4, 0.5) is 10.1 Å². The quantitative estimate of drug-likeness (QED) is 0.808. The van der Waals surface area contributed by atoms with E-state index in [4.69, 9.17) is 0 Å². The van der Waals surface area contributed by atoms with Gasteiger partial charge < -0.3 is 0 Å². The molecular formula is C15H11FN2O2S. The second kappa shape index (κ2) is 5.14. The Morgan fingerprint density at radius 1 is 1.00 bits per heavy atom. The molecule has 0 bridgehead atoms. The van der Waals surface area contributed by atoms with E-state index >= 15 is 0 Å². The molecule has 2 aromatic carbocycles. The molecule has 0 radical (unpaired) electrons. The molecule has 106 valence electrons. The number of rotatable bonds is 3. The van der Waals surface area contributed by atoms with Gasteiger partial charge >= 0.3 is 0 Å². The maximum Gasteiger partial charge on any atom is 0.261 e.